The van der Waals surface area contributed by atoms with Crippen LogP contribution >= 0.6 is 11.6 Å². The van der Waals surface area contributed by atoms with Crippen LogP contribution in [0.1, 0.15) is 40.7 Å². The van der Waals surface area contributed by atoms with Gasteiger partial charge in [-0.15, -0.1) is 0 Å². The first-order chi connectivity index (χ1) is 9.88. The van der Waals surface area contributed by atoms with E-state index in [4.69, 9.17) is 16.7 Å². The number of carbonyl (C=O) groups excluding carboxylic acids is 1. The normalized spacial score (nSPS) is 10.7. The second-order valence-electron chi connectivity index (χ2n) is 4.88. The van der Waals surface area contributed by atoms with Gasteiger partial charge >= 0.3 is 5.97 Å². The molecule has 2 rings (SSSR count). The van der Waals surface area contributed by atoms with Crippen molar-refractivity contribution in [3.8, 4) is 0 Å². The highest BCUT2D eigenvalue weighted by atomic mass is 35.5. The second kappa shape index (κ2) is 6.01. The summed E-state index contributed by atoms with van der Waals surface area (Å²) in [6.45, 7) is 3.89. The van der Waals surface area contributed by atoms with Gasteiger partial charge in [0.05, 0.1) is 10.6 Å². The van der Waals surface area contributed by atoms with Crippen molar-refractivity contribution >= 4 is 29.2 Å². The minimum atomic E-state index is -1.04. The number of aromatic nitrogens is 1. The van der Waals surface area contributed by atoms with Crippen LogP contribution in [0.3, 0.4) is 0 Å². The molecular formula is C15H15ClN2O3. The van der Waals surface area contributed by atoms with E-state index in [1.165, 1.54) is 12.1 Å². The molecule has 2 N–H and O–H groups in total. The predicted molar refractivity (Wildman–Crippen MR) is 81.2 cm³/mol. The third kappa shape index (κ3) is 3.44. The summed E-state index contributed by atoms with van der Waals surface area (Å²) < 4.78 is 1.76. The zero-order valence-corrected chi connectivity index (χ0v) is 12.4. The maximum absolute atomic E-state index is 12.3. The zero-order valence-electron chi connectivity index (χ0n) is 11.6. The Morgan fingerprint density at radius 3 is 2.62 bits per heavy atom. The van der Waals surface area contributed by atoms with Gasteiger partial charge in [0.25, 0.3) is 5.91 Å². The minimum Gasteiger partial charge on any atom is -0.478 e. The first-order valence-electron chi connectivity index (χ1n) is 6.40. The van der Waals surface area contributed by atoms with Crippen LogP contribution in [0.15, 0.2) is 36.5 Å². The van der Waals surface area contributed by atoms with E-state index in [1.807, 2.05) is 13.8 Å². The summed E-state index contributed by atoms with van der Waals surface area (Å²) in [6, 6.07) is 7.75. The molecule has 0 atom stereocenters. The van der Waals surface area contributed by atoms with E-state index in [1.54, 1.807) is 29.0 Å². The maximum Gasteiger partial charge on any atom is 0.335 e. The molecule has 1 aromatic carbocycles. The molecular weight excluding hydrogens is 292 g/mol. The van der Waals surface area contributed by atoms with Gasteiger partial charge in [0.15, 0.2) is 0 Å². The highest BCUT2D eigenvalue weighted by molar-refractivity contribution is 6.31. The van der Waals surface area contributed by atoms with Crippen molar-refractivity contribution in [1.82, 2.24) is 4.57 Å². The van der Waals surface area contributed by atoms with Crippen molar-refractivity contribution in [3.05, 3.63) is 52.8 Å². The average molecular weight is 307 g/mol. The van der Waals surface area contributed by atoms with Crippen LogP contribution in [0.5, 0.6) is 0 Å². The van der Waals surface area contributed by atoms with Crippen molar-refractivity contribution in [1.29, 1.82) is 0 Å². The van der Waals surface area contributed by atoms with Crippen LogP contribution < -0.4 is 5.32 Å². The second-order valence-corrected chi connectivity index (χ2v) is 5.32. The fraction of sp³-hybridized carbons (Fsp3) is 0.200. The van der Waals surface area contributed by atoms with Crippen LogP contribution in [0.2, 0.25) is 5.02 Å². The third-order valence-electron chi connectivity index (χ3n) is 2.97. The van der Waals surface area contributed by atoms with Crippen LogP contribution in [-0.2, 0) is 0 Å². The topological polar surface area (TPSA) is 71.3 Å². The summed E-state index contributed by atoms with van der Waals surface area (Å²) in [5.41, 5.74) is 0.966. The quantitative estimate of drug-likeness (QED) is 0.905. The summed E-state index contributed by atoms with van der Waals surface area (Å²) >= 11 is 5.94. The van der Waals surface area contributed by atoms with Gasteiger partial charge < -0.3 is 15.0 Å². The molecule has 1 amide bonds. The number of carbonyl (C=O) groups is 2. The van der Waals surface area contributed by atoms with Gasteiger partial charge in [0, 0.05) is 17.9 Å². The maximum atomic E-state index is 12.3. The van der Waals surface area contributed by atoms with Crippen LogP contribution in [0, 0.1) is 0 Å². The van der Waals surface area contributed by atoms with E-state index < -0.39 is 5.97 Å². The Bertz CT molecular complexity index is 692. The lowest BCUT2D eigenvalue weighted by molar-refractivity contribution is 0.0696. The van der Waals surface area contributed by atoms with Crippen LogP contribution in [0.25, 0.3) is 0 Å². The molecule has 0 unspecified atom stereocenters. The van der Waals surface area contributed by atoms with E-state index in [2.05, 4.69) is 5.32 Å². The Labute approximate surface area is 127 Å². The van der Waals surface area contributed by atoms with Gasteiger partial charge in [0.1, 0.15) is 5.69 Å². The molecule has 5 nitrogen and oxygen atoms in total. The Hall–Kier alpha value is -2.27. The Kier molecular flexibility index (Phi) is 4.33. The van der Waals surface area contributed by atoms with Crippen molar-refractivity contribution in [2.24, 2.45) is 0 Å². The van der Waals surface area contributed by atoms with Gasteiger partial charge in [-0.2, -0.15) is 0 Å². The third-order valence-corrected chi connectivity index (χ3v) is 3.18. The predicted octanol–water partition coefficient (Wildman–Crippen LogP) is 3.67. The summed E-state index contributed by atoms with van der Waals surface area (Å²) in [7, 11) is 0. The number of nitrogens with one attached hydrogen (secondary N) is 1. The fourth-order valence-corrected chi connectivity index (χ4v) is 2.19. The summed E-state index contributed by atoms with van der Waals surface area (Å²) in [5.74, 6) is -1.38. The van der Waals surface area contributed by atoms with E-state index >= 15 is 0 Å². The first-order valence-corrected chi connectivity index (χ1v) is 6.78. The first kappa shape index (κ1) is 15.1. The number of hydrogen-bond acceptors (Lipinski definition) is 2. The number of carboxylic acids is 1. The van der Waals surface area contributed by atoms with E-state index in [0.717, 1.165) is 0 Å². The van der Waals surface area contributed by atoms with E-state index in [9.17, 15) is 9.59 Å². The Morgan fingerprint density at radius 2 is 2.00 bits per heavy atom. The number of rotatable bonds is 4. The number of halogens is 1. The molecule has 2 aromatic rings. The summed E-state index contributed by atoms with van der Waals surface area (Å²) in [4.78, 5) is 23.2. The molecule has 110 valence electrons. The lowest BCUT2D eigenvalue weighted by Gasteiger charge is -2.12. The molecule has 0 fully saturated rings. The minimum absolute atomic E-state index is 0.0867. The molecule has 1 aromatic heterocycles. The molecule has 0 aliphatic rings. The van der Waals surface area contributed by atoms with Gasteiger partial charge in [-0.1, -0.05) is 17.7 Å². The largest absolute Gasteiger partial charge is 0.478 e. The van der Waals surface area contributed by atoms with Crippen molar-refractivity contribution in [2.45, 2.75) is 19.9 Å². The van der Waals surface area contributed by atoms with Crippen LogP contribution in [-0.4, -0.2) is 21.6 Å². The number of anilines is 1. The molecule has 21 heavy (non-hydrogen) atoms. The highest BCUT2D eigenvalue weighted by Crippen LogP contribution is 2.20. The SMILES string of the molecule is CC(C)n1cc(Cl)cc1C(=O)Nc1cccc(C(=O)O)c1. The molecule has 0 spiro atoms. The molecule has 0 saturated heterocycles. The Morgan fingerprint density at radius 1 is 1.29 bits per heavy atom. The molecule has 6 heteroatoms. The smallest absolute Gasteiger partial charge is 0.335 e. The van der Waals surface area contributed by atoms with Gasteiger partial charge in [-0.3, -0.25) is 4.79 Å². The standard InChI is InChI=1S/C15H15ClN2O3/c1-9(2)18-8-11(16)7-13(18)14(19)17-12-5-3-4-10(6-12)15(20)21/h3-9H,1-2H3,(H,17,19)(H,20,21). The number of hydrogen-bond donors (Lipinski definition) is 2. The van der Waals surface area contributed by atoms with Crippen molar-refractivity contribution < 1.29 is 14.7 Å². The highest BCUT2D eigenvalue weighted by Gasteiger charge is 2.15. The summed E-state index contributed by atoms with van der Waals surface area (Å²) in [6.07, 6.45) is 1.69. The van der Waals surface area contributed by atoms with E-state index in [0.29, 0.717) is 16.4 Å². The van der Waals surface area contributed by atoms with Crippen LogP contribution in [0.4, 0.5) is 5.69 Å². The average Bonchev–Trinajstić information content (AvgIpc) is 2.81. The zero-order chi connectivity index (χ0) is 15.6. The molecule has 0 radical (unpaired) electrons. The lowest BCUT2D eigenvalue weighted by Crippen LogP contribution is -2.18. The number of aromatic carboxylic acids is 1. The molecule has 0 aliphatic heterocycles. The van der Waals surface area contributed by atoms with E-state index in [-0.39, 0.29) is 17.5 Å². The number of amides is 1. The van der Waals surface area contributed by atoms with Crippen molar-refractivity contribution in [3.63, 3.8) is 0 Å². The molecule has 0 aliphatic carbocycles. The van der Waals surface area contributed by atoms with Gasteiger partial charge in [-0.25, -0.2) is 4.79 Å². The number of benzene rings is 1. The molecule has 0 saturated carbocycles. The summed E-state index contributed by atoms with van der Waals surface area (Å²) in [5, 5.41) is 12.1. The number of carboxylic acid groups (broad SMARTS) is 1. The van der Waals surface area contributed by atoms with Crippen molar-refractivity contribution in [2.75, 3.05) is 5.32 Å². The van der Waals surface area contributed by atoms with Gasteiger partial charge in [0.2, 0.25) is 0 Å². The lowest BCUT2D eigenvalue weighted by atomic mass is 10.2. The molecule has 0 bridgehead atoms. The monoisotopic (exact) mass is 306 g/mol. The molecule has 1 heterocycles. The fourth-order valence-electron chi connectivity index (χ4n) is 1.98. The Balaban J connectivity index is 2.26. The van der Waals surface area contributed by atoms with Gasteiger partial charge in [-0.05, 0) is 38.1 Å². The number of nitrogens with zero attached hydrogens (tertiary/aromatic N) is 1.